The molecule has 0 aliphatic carbocycles. The molecule has 2 heterocycles. The molecule has 0 unspecified atom stereocenters. The monoisotopic (exact) mass is 253 g/mol. The summed E-state index contributed by atoms with van der Waals surface area (Å²) in [6.45, 7) is 4.35. The number of aromatic nitrogens is 3. The van der Waals surface area contributed by atoms with Crippen LogP contribution in [0.25, 0.3) is 0 Å². The summed E-state index contributed by atoms with van der Waals surface area (Å²) in [5.41, 5.74) is 0.848. The predicted molar refractivity (Wildman–Crippen MR) is 64.5 cm³/mol. The van der Waals surface area contributed by atoms with Crippen molar-refractivity contribution in [3.05, 3.63) is 11.4 Å². The maximum absolute atomic E-state index is 11.1. The summed E-state index contributed by atoms with van der Waals surface area (Å²) in [5.74, 6) is -0.477. The summed E-state index contributed by atoms with van der Waals surface area (Å²) >= 11 is 0. The van der Waals surface area contributed by atoms with E-state index in [-0.39, 0.29) is 5.69 Å². The second-order valence-corrected chi connectivity index (χ2v) is 4.68. The number of hydrogen-bond acceptors (Lipinski definition) is 4. The van der Waals surface area contributed by atoms with Gasteiger partial charge in [-0.1, -0.05) is 18.6 Å². The van der Waals surface area contributed by atoms with Crippen molar-refractivity contribution < 1.29 is 14.6 Å². The molecule has 0 atom stereocenters. The van der Waals surface area contributed by atoms with E-state index in [1.54, 1.807) is 4.68 Å². The maximum atomic E-state index is 11.1. The number of nitrogens with zero attached hydrogens (tertiary/aromatic N) is 3. The summed E-state index contributed by atoms with van der Waals surface area (Å²) in [6.07, 6.45) is 3.61. The molecule has 0 aromatic carbocycles. The number of carboxylic acids is 1. The van der Waals surface area contributed by atoms with Crippen LogP contribution in [0.2, 0.25) is 0 Å². The fraction of sp³-hybridized carbons (Fsp3) is 0.750. The number of carbonyl (C=O) groups is 1. The summed E-state index contributed by atoms with van der Waals surface area (Å²) in [5, 5.41) is 16.9. The van der Waals surface area contributed by atoms with E-state index in [4.69, 9.17) is 9.84 Å². The number of carboxylic acid groups (broad SMARTS) is 1. The molecule has 1 fully saturated rings. The van der Waals surface area contributed by atoms with Gasteiger partial charge in [0.25, 0.3) is 0 Å². The van der Waals surface area contributed by atoms with Crippen molar-refractivity contribution in [3.8, 4) is 0 Å². The minimum absolute atomic E-state index is 0.101. The van der Waals surface area contributed by atoms with Gasteiger partial charge in [0, 0.05) is 19.8 Å². The quantitative estimate of drug-likeness (QED) is 0.857. The Bertz CT molecular complexity index is 411. The van der Waals surface area contributed by atoms with Gasteiger partial charge in [-0.2, -0.15) is 0 Å². The summed E-state index contributed by atoms with van der Waals surface area (Å²) < 4.78 is 7.09. The zero-order valence-electron chi connectivity index (χ0n) is 10.6. The van der Waals surface area contributed by atoms with E-state index < -0.39 is 5.97 Å². The van der Waals surface area contributed by atoms with Gasteiger partial charge in [0.15, 0.2) is 5.69 Å². The second kappa shape index (κ2) is 5.95. The van der Waals surface area contributed by atoms with Gasteiger partial charge in [-0.15, -0.1) is 5.10 Å². The van der Waals surface area contributed by atoms with Gasteiger partial charge in [0.05, 0.1) is 5.69 Å². The predicted octanol–water partition coefficient (Wildman–Crippen LogP) is 1.36. The molecule has 0 spiro atoms. The molecule has 1 saturated heterocycles. The molecular weight excluding hydrogens is 234 g/mol. The van der Waals surface area contributed by atoms with Crippen LogP contribution in [0, 0.1) is 5.92 Å². The SMILES string of the molecule is CCCc1c(C(=O)O)nnn1CC1CCOCC1. The van der Waals surface area contributed by atoms with Crippen molar-refractivity contribution in [3.63, 3.8) is 0 Å². The molecule has 1 aromatic rings. The first-order chi connectivity index (χ1) is 8.72. The van der Waals surface area contributed by atoms with Crippen LogP contribution in [0.3, 0.4) is 0 Å². The molecule has 1 aliphatic rings. The molecule has 1 aromatic heterocycles. The molecule has 0 saturated carbocycles. The van der Waals surface area contributed by atoms with E-state index in [0.29, 0.717) is 12.3 Å². The fourth-order valence-electron chi connectivity index (χ4n) is 2.30. The first-order valence-electron chi connectivity index (χ1n) is 6.45. The van der Waals surface area contributed by atoms with Crippen molar-refractivity contribution in [2.75, 3.05) is 13.2 Å². The van der Waals surface area contributed by atoms with Crippen LogP contribution in [0.15, 0.2) is 0 Å². The minimum Gasteiger partial charge on any atom is -0.476 e. The van der Waals surface area contributed by atoms with Crippen molar-refractivity contribution in [1.29, 1.82) is 0 Å². The third kappa shape index (κ3) is 2.87. The number of rotatable bonds is 5. The zero-order chi connectivity index (χ0) is 13.0. The first kappa shape index (κ1) is 13.0. The number of aromatic carboxylic acids is 1. The van der Waals surface area contributed by atoms with Crippen LogP contribution in [0.5, 0.6) is 0 Å². The average Bonchev–Trinajstić information content (AvgIpc) is 2.74. The Balaban J connectivity index is 2.13. The molecule has 0 bridgehead atoms. The highest BCUT2D eigenvalue weighted by Crippen LogP contribution is 2.18. The number of ether oxygens (including phenoxy) is 1. The highest BCUT2D eigenvalue weighted by molar-refractivity contribution is 5.86. The molecule has 0 radical (unpaired) electrons. The topological polar surface area (TPSA) is 77.2 Å². The third-order valence-electron chi connectivity index (χ3n) is 3.30. The molecule has 1 aliphatic heterocycles. The van der Waals surface area contributed by atoms with Gasteiger partial charge in [-0.3, -0.25) is 0 Å². The van der Waals surface area contributed by atoms with Crippen LogP contribution >= 0.6 is 0 Å². The van der Waals surface area contributed by atoms with E-state index in [0.717, 1.165) is 44.7 Å². The highest BCUT2D eigenvalue weighted by Gasteiger charge is 2.21. The molecule has 100 valence electrons. The summed E-state index contributed by atoms with van der Waals surface area (Å²) in [6, 6.07) is 0. The molecule has 6 heteroatoms. The molecule has 18 heavy (non-hydrogen) atoms. The zero-order valence-corrected chi connectivity index (χ0v) is 10.6. The van der Waals surface area contributed by atoms with Gasteiger partial charge in [0.2, 0.25) is 0 Å². The van der Waals surface area contributed by atoms with Crippen molar-refractivity contribution in [1.82, 2.24) is 15.0 Å². The van der Waals surface area contributed by atoms with E-state index in [1.807, 2.05) is 6.92 Å². The van der Waals surface area contributed by atoms with Gasteiger partial charge in [-0.25, -0.2) is 9.48 Å². The minimum atomic E-state index is -0.989. The summed E-state index contributed by atoms with van der Waals surface area (Å²) in [7, 11) is 0. The summed E-state index contributed by atoms with van der Waals surface area (Å²) in [4.78, 5) is 11.1. The van der Waals surface area contributed by atoms with Gasteiger partial charge in [0.1, 0.15) is 0 Å². The Hall–Kier alpha value is -1.43. The van der Waals surface area contributed by atoms with Crippen LogP contribution in [0.1, 0.15) is 42.4 Å². The van der Waals surface area contributed by atoms with Gasteiger partial charge >= 0.3 is 5.97 Å². The van der Waals surface area contributed by atoms with Crippen molar-refractivity contribution in [2.45, 2.75) is 39.2 Å². The Morgan fingerprint density at radius 2 is 2.22 bits per heavy atom. The Labute approximate surface area is 106 Å². The van der Waals surface area contributed by atoms with Gasteiger partial charge in [-0.05, 0) is 25.2 Å². The first-order valence-corrected chi connectivity index (χ1v) is 6.45. The third-order valence-corrected chi connectivity index (χ3v) is 3.30. The second-order valence-electron chi connectivity index (χ2n) is 4.68. The lowest BCUT2D eigenvalue weighted by atomic mass is 10.0. The largest absolute Gasteiger partial charge is 0.476 e. The highest BCUT2D eigenvalue weighted by atomic mass is 16.5. The van der Waals surface area contributed by atoms with Crippen LogP contribution < -0.4 is 0 Å². The van der Waals surface area contributed by atoms with Crippen LogP contribution in [0.4, 0.5) is 0 Å². The van der Waals surface area contributed by atoms with Crippen LogP contribution in [-0.2, 0) is 17.7 Å². The molecular formula is C12H19N3O3. The van der Waals surface area contributed by atoms with E-state index in [9.17, 15) is 4.79 Å². The lowest BCUT2D eigenvalue weighted by Crippen LogP contribution is -2.22. The molecule has 2 rings (SSSR count). The maximum Gasteiger partial charge on any atom is 0.358 e. The Morgan fingerprint density at radius 3 is 2.83 bits per heavy atom. The lowest BCUT2D eigenvalue weighted by Gasteiger charge is -2.22. The van der Waals surface area contributed by atoms with Crippen molar-refractivity contribution >= 4 is 5.97 Å². The van der Waals surface area contributed by atoms with Crippen LogP contribution in [-0.4, -0.2) is 39.3 Å². The molecule has 1 N–H and O–H groups in total. The van der Waals surface area contributed by atoms with E-state index in [2.05, 4.69) is 10.3 Å². The fourth-order valence-corrected chi connectivity index (χ4v) is 2.30. The Morgan fingerprint density at radius 1 is 1.50 bits per heavy atom. The van der Waals surface area contributed by atoms with E-state index in [1.165, 1.54) is 0 Å². The van der Waals surface area contributed by atoms with Crippen molar-refractivity contribution in [2.24, 2.45) is 5.92 Å². The normalized spacial score (nSPS) is 16.9. The Kier molecular flexibility index (Phi) is 4.30. The smallest absolute Gasteiger partial charge is 0.358 e. The van der Waals surface area contributed by atoms with Gasteiger partial charge < -0.3 is 9.84 Å². The number of hydrogen-bond donors (Lipinski definition) is 1. The van der Waals surface area contributed by atoms with E-state index >= 15 is 0 Å². The molecule has 0 amide bonds. The standard InChI is InChI=1S/C12H19N3O3/c1-2-3-10-11(12(16)17)13-14-15(10)8-9-4-6-18-7-5-9/h9H,2-8H2,1H3,(H,16,17). The molecule has 6 nitrogen and oxygen atoms in total. The average molecular weight is 253 g/mol. The lowest BCUT2D eigenvalue weighted by molar-refractivity contribution is 0.0596.